The van der Waals surface area contributed by atoms with E-state index < -0.39 is 11.2 Å². The second-order valence-corrected chi connectivity index (χ2v) is 9.02. The molecule has 0 aromatic carbocycles. The highest BCUT2D eigenvalue weighted by atomic mass is 16.6. The Morgan fingerprint density at radius 3 is 2.09 bits per heavy atom. The van der Waals surface area contributed by atoms with E-state index in [0.717, 1.165) is 25.7 Å². The van der Waals surface area contributed by atoms with E-state index >= 15 is 0 Å². The van der Waals surface area contributed by atoms with Crippen LogP contribution in [0.1, 0.15) is 60.3 Å². The van der Waals surface area contributed by atoms with Gasteiger partial charge in [-0.1, -0.05) is 13.8 Å². The zero-order valence-electron chi connectivity index (χ0n) is 14.7. The Morgan fingerprint density at radius 1 is 1.18 bits per heavy atom. The summed E-state index contributed by atoms with van der Waals surface area (Å²) in [5.74, 6) is 0. The van der Waals surface area contributed by atoms with Gasteiger partial charge in [-0.2, -0.15) is 0 Å². The fraction of sp³-hybridized carbons (Fsp3) is 0.941. The topological polar surface area (TPSA) is 75.8 Å². The van der Waals surface area contributed by atoms with Crippen LogP contribution >= 0.6 is 0 Å². The number of hydrogen-bond acceptors (Lipinski definition) is 4. The van der Waals surface area contributed by atoms with Gasteiger partial charge >= 0.3 is 6.09 Å². The summed E-state index contributed by atoms with van der Waals surface area (Å²) in [5, 5.41) is 11.0. The van der Waals surface area contributed by atoms with Crippen LogP contribution in [0.2, 0.25) is 0 Å². The molecule has 1 saturated carbocycles. The van der Waals surface area contributed by atoms with Gasteiger partial charge in [0.25, 0.3) is 0 Å². The minimum absolute atomic E-state index is 0.263. The van der Waals surface area contributed by atoms with E-state index in [0.29, 0.717) is 25.0 Å². The molecule has 0 unspecified atom stereocenters. The Morgan fingerprint density at radius 2 is 1.68 bits per heavy atom. The highest BCUT2D eigenvalue weighted by Crippen LogP contribution is 2.52. The third-order valence-corrected chi connectivity index (χ3v) is 5.50. The molecule has 1 amide bonds. The molecule has 0 bridgehead atoms. The maximum atomic E-state index is 12.1. The lowest BCUT2D eigenvalue weighted by Crippen LogP contribution is -2.73. The zero-order chi connectivity index (χ0) is 16.8. The molecule has 5 nitrogen and oxygen atoms in total. The number of β-amino-alcohol motifs (C(OH)–C–C–N with tert-alkyl or cyclic N) is 1. The van der Waals surface area contributed by atoms with E-state index in [4.69, 9.17) is 10.5 Å². The van der Waals surface area contributed by atoms with Gasteiger partial charge in [0.15, 0.2) is 0 Å². The first-order chi connectivity index (χ1) is 9.92. The number of hydrogen-bond donors (Lipinski definition) is 2. The van der Waals surface area contributed by atoms with Gasteiger partial charge in [0.2, 0.25) is 0 Å². The third-order valence-electron chi connectivity index (χ3n) is 5.50. The number of ether oxygens (including phenoxy) is 1. The van der Waals surface area contributed by atoms with Gasteiger partial charge in [-0.05, 0) is 51.9 Å². The Hall–Kier alpha value is -0.810. The van der Waals surface area contributed by atoms with Crippen molar-refractivity contribution in [1.29, 1.82) is 0 Å². The smallest absolute Gasteiger partial charge is 0.410 e. The number of amides is 1. The first-order valence-electron chi connectivity index (χ1n) is 8.33. The van der Waals surface area contributed by atoms with Crippen LogP contribution in [-0.2, 0) is 4.74 Å². The number of carbonyl (C=O) groups is 1. The standard InChI is InChI=1S/C17H32N2O3/c1-14(2,3)22-13(20)19-11-17(21,12-19)16(10-18)8-6-15(4,5)7-9-16/h21H,6-12,18H2,1-5H3. The average Bonchev–Trinajstić information content (AvgIpc) is 2.33. The molecule has 0 radical (unpaired) electrons. The Balaban J connectivity index is 2.00. The van der Waals surface area contributed by atoms with Crippen LogP contribution in [0, 0.1) is 10.8 Å². The number of rotatable bonds is 2. The molecule has 0 atom stereocenters. The lowest BCUT2D eigenvalue weighted by atomic mass is 9.56. The predicted octanol–water partition coefficient (Wildman–Crippen LogP) is 2.51. The van der Waals surface area contributed by atoms with Crippen molar-refractivity contribution in [1.82, 2.24) is 4.90 Å². The molecular formula is C17H32N2O3. The molecule has 2 fully saturated rings. The Labute approximate surface area is 134 Å². The van der Waals surface area contributed by atoms with Crippen LogP contribution in [-0.4, -0.2) is 46.9 Å². The van der Waals surface area contributed by atoms with Crippen LogP contribution in [0.3, 0.4) is 0 Å². The molecule has 0 spiro atoms. The normalized spacial score (nSPS) is 26.2. The van der Waals surface area contributed by atoms with Crippen molar-refractivity contribution in [3.63, 3.8) is 0 Å². The Kier molecular flexibility index (Phi) is 4.29. The summed E-state index contributed by atoms with van der Waals surface area (Å²) in [5.41, 5.74) is 4.74. The first-order valence-corrected chi connectivity index (χ1v) is 8.33. The van der Waals surface area contributed by atoms with Crippen LogP contribution in [0.15, 0.2) is 0 Å². The molecule has 1 aliphatic heterocycles. The van der Waals surface area contributed by atoms with E-state index in [-0.39, 0.29) is 11.5 Å². The highest BCUT2D eigenvalue weighted by Gasteiger charge is 2.59. The monoisotopic (exact) mass is 312 g/mol. The van der Waals surface area contributed by atoms with Gasteiger partial charge in [0.05, 0.1) is 13.1 Å². The van der Waals surface area contributed by atoms with Gasteiger partial charge in [-0.15, -0.1) is 0 Å². The number of carbonyl (C=O) groups excluding carboxylic acids is 1. The van der Waals surface area contributed by atoms with Gasteiger partial charge in [-0.3, -0.25) is 0 Å². The van der Waals surface area contributed by atoms with Crippen molar-refractivity contribution >= 4 is 6.09 Å². The van der Waals surface area contributed by atoms with E-state index in [2.05, 4.69) is 13.8 Å². The van der Waals surface area contributed by atoms with Gasteiger partial charge < -0.3 is 20.5 Å². The summed E-state index contributed by atoms with van der Waals surface area (Å²) in [6, 6.07) is 0. The lowest BCUT2D eigenvalue weighted by molar-refractivity contribution is -0.187. The molecule has 0 aromatic rings. The minimum atomic E-state index is -0.866. The quantitative estimate of drug-likeness (QED) is 0.821. The molecule has 3 N–H and O–H groups in total. The minimum Gasteiger partial charge on any atom is -0.444 e. The van der Waals surface area contributed by atoms with E-state index in [1.54, 1.807) is 4.90 Å². The van der Waals surface area contributed by atoms with Gasteiger partial charge in [-0.25, -0.2) is 4.79 Å². The molecule has 0 aromatic heterocycles. The second-order valence-electron chi connectivity index (χ2n) is 9.02. The van der Waals surface area contributed by atoms with Gasteiger partial charge in [0.1, 0.15) is 11.2 Å². The number of aliphatic hydroxyl groups is 1. The fourth-order valence-corrected chi connectivity index (χ4v) is 3.64. The van der Waals surface area contributed by atoms with Crippen LogP contribution in [0.25, 0.3) is 0 Å². The van der Waals surface area contributed by atoms with E-state index in [9.17, 15) is 9.90 Å². The third kappa shape index (κ3) is 3.25. The summed E-state index contributed by atoms with van der Waals surface area (Å²) in [6.45, 7) is 11.2. The van der Waals surface area contributed by atoms with Crippen molar-refractivity contribution in [2.75, 3.05) is 19.6 Å². The zero-order valence-corrected chi connectivity index (χ0v) is 14.7. The van der Waals surface area contributed by atoms with Crippen molar-refractivity contribution in [2.45, 2.75) is 71.5 Å². The van der Waals surface area contributed by atoms with Crippen LogP contribution < -0.4 is 5.73 Å². The molecule has 22 heavy (non-hydrogen) atoms. The van der Waals surface area contributed by atoms with Gasteiger partial charge in [0, 0.05) is 12.0 Å². The predicted molar refractivity (Wildman–Crippen MR) is 86.5 cm³/mol. The largest absolute Gasteiger partial charge is 0.444 e. The fourth-order valence-electron chi connectivity index (χ4n) is 3.64. The second kappa shape index (κ2) is 5.38. The maximum Gasteiger partial charge on any atom is 0.410 e. The average molecular weight is 312 g/mol. The highest BCUT2D eigenvalue weighted by molar-refractivity contribution is 5.69. The van der Waals surface area contributed by atoms with E-state index in [1.807, 2.05) is 20.8 Å². The summed E-state index contributed by atoms with van der Waals surface area (Å²) in [7, 11) is 0. The molecule has 1 heterocycles. The lowest BCUT2D eigenvalue weighted by Gasteiger charge is -2.59. The van der Waals surface area contributed by atoms with Crippen molar-refractivity contribution in [3.05, 3.63) is 0 Å². The summed E-state index contributed by atoms with van der Waals surface area (Å²) < 4.78 is 5.37. The number of nitrogens with zero attached hydrogens (tertiary/aromatic N) is 1. The summed E-state index contributed by atoms with van der Waals surface area (Å²) in [4.78, 5) is 13.7. The van der Waals surface area contributed by atoms with E-state index in [1.165, 1.54) is 0 Å². The van der Waals surface area contributed by atoms with Crippen LogP contribution in [0.4, 0.5) is 4.79 Å². The molecule has 2 rings (SSSR count). The summed E-state index contributed by atoms with van der Waals surface area (Å²) >= 11 is 0. The first kappa shape index (κ1) is 17.5. The SMILES string of the molecule is CC1(C)CCC(CN)(C2(O)CN(C(=O)OC(C)(C)C)C2)CC1. The molecule has 2 aliphatic rings. The number of nitrogens with two attached hydrogens (primary N) is 1. The maximum absolute atomic E-state index is 12.1. The number of likely N-dealkylation sites (tertiary alicyclic amines) is 1. The van der Waals surface area contributed by atoms with Crippen molar-refractivity contribution in [2.24, 2.45) is 16.6 Å². The van der Waals surface area contributed by atoms with Crippen molar-refractivity contribution in [3.8, 4) is 0 Å². The molecule has 1 saturated heterocycles. The van der Waals surface area contributed by atoms with Crippen LogP contribution in [0.5, 0.6) is 0 Å². The van der Waals surface area contributed by atoms with Crippen molar-refractivity contribution < 1.29 is 14.6 Å². The molecule has 128 valence electrons. The molecule has 1 aliphatic carbocycles. The molecular weight excluding hydrogens is 280 g/mol. The summed E-state index contributed by atoms with van der Waals surface area (Å²) in [6.07, 6.45) is 3.64. The Bertz CT molecular complexity index is 424. The molecule has 5 heteroatoms.